The Morgan fingerprint density at radius 2 is 1.43 bits per heavy atom. The summed E-state index contributed by atoms with van der Waals surface area (Å²) >= 11 is 6.02. The van der Waals surface area contributed by atoms with Gasteiger partial charge in [-0.2, -0.15) is 28.1 Å². The van der Waals surface area contributed by atoms with Crippen LogP contribution in [0.15, 0.2) is 108 Å². The highest BCUT2D eigenvalue weighted by molar-refractivity contribution is 6.42. The number of hydrogen-bond acceptors (Lipinski definition) is 11. The molecule has 0 bridgehead atoms. The van der Waals surface area contributed by atoms with Gasteiger partial charge in [-0.25, -0.2) is 9.79 Å². The number of carbonyl (C=O) groups excluding carboxylic acids is 3. The average Bonchev–Trinajstić information content (AvgIpc) is 3.98. The zero-order valence-electron chi connectivity index (χ0n) is 30.1. The van der Waals surface area contributed by atoms with Crippen LogP contribution in [0.1, 0.15) is 34.3 Å². The van der Waals surface area contributed by atoms with E-state index in [0.29, 0.717) is 30.1 Å². The number of alkyl halides is 3. The molecule has 1 aromatic heterocycles. The summed E-state index contributed by atoms with van der Waals surface area (Å²) in [4.78, 5) is 65.5. The predicted octanol–water partition coefficient (Wildman–Crippen LogP) is 6.34. The van der Waals surface area contributed by atoms with E-state index in [1.165, 1.54) is 24.3 Å². The van der Waals surface area contributed by atoms with Gasteiger partial charge in [0.15, 0.2) is 6.61 Å². The number of anilines is 5. The molecule has 3 amide bonds. The van der Waals surface area contributed by atoms with Crippen LogP contribution in [0.25, 0.3) is 0 Å². The summed E-state index contributed by atoms with van der Waals surface area (Å²) in [5.41, 5.74) is 1.94. The number of aliphatic carboxylic acids is 1. The number of benzene rings is 4. The van der Waals surface area contributed by atoms with Crippen molar-refractivity contribution in [2.45, 2.75) is 31.1 Å². The molecule has 5 aromatic rings. The van der Waals surface area contributed by atoms with E-state index in [-0.39, 0.29) is 23.1 Å². The SMILES string of the molecule is O=C(O)C(CNC(=O)C(=O)Nc1ccc(NCc2ccccc2)cc1)=NC(=O)c1ccc(Nc2nc(NC3(c4ccc(Cl)cc4)CC3)nc(OCC(F)(F)F)n2)cc1. The van der Waals surface area contributed by atoms with Crippen LogP contribution in [0.2, 0.25) is 5.02 Å². The van der Waals surface area contributed by atoms with E-state index < -0.39 is 60.3 Å². The Kier molecular flexibility index (Phi) is 12.5. The van der Waals surface area contributed by atoms with Crippen LogP contribution in [0.5, 0.6) is 6.01 Å². The molecular formula is C39H33ClF3N9O6. The molecule has 1 saturated carbocycles. The minimum Gasteiger partial charge on any atom is -0.477 e. The number of nitrogens with one attached hydrogen (secondary N) is 5. The third-order valence-corrected chi connectivity index (χ3v) is 8.71. The summed E-state index contributed by atoms with van der Waals surface area (Å²) in [5.74, 6) is -5.07. The summed E-state index contributed by atoms with van der Waals surface area (Å²) in [5, 5.41) is 23.9. The second-order valence-electron chi connectivity index (χ2n) is 12.8. The molecule has 15 nitrogen and oxygen atoms in total. The van der Waals surface area contributed by atoms with Crippen molar-refractivity contribution in [2.75, 3.05) is 34.4 Å². The fourth-order valence-electron chi connectivity index (χ4n) is 5.35. The van der Waals surface area contributed by atoms with Gasteiger partial charge >= 0.3 is 30.0 Å². The van der Waals surface area contributed by atoms with Gasteiger partial charge in [0.1, 0.15) is 5.71 Å². The molecule has 19 heteroatoms. The minimum atomic E-state index is -4.66. The van der Waals surface area contributed by atoms with Gasteiger partial charge in [0.25, 0.3) is 5.91 Å². The second-order valence-corrected chi connectivity index (χ2v) is 13.2. The van der Waals surface area contributed by atoms with Crippen molar-refractivity contribution in [3.05, 3.63) is 125 Å². The number of aliphatic imine (C=N–C) groups is 1. The van der Waals surface area contributed by atoms with Gasteiger partial charge < -0.3 is 36.4 Å². The highest BCUT2D eigenvalue weighted by atomic mass is 35.5. The van der Waals surface area contributed by atoms with Gasteiger partial charge in [-0.1, -0.05) is 54.1 Å². The predicted molar refractivity (Wildman–Crippen MR) is 208 cm³/mol. The molecule has 6 N–H and O–H groups in total. The molecule has 0 radical (unpaired) electrons. The Morgan fingerprint density at radius 3 is 2.07 bits per heavy atom. The number of nitrogens with zero attached hydrogens (tertiary/aromatic N) is 4. The molecule has 0 saturated heterocycles. The minimum absolute atomic E-state index is 0.0547. The number of carboxylic acid groups (broad SMARTS) is 1. The normalized spacial score (nSPS) is 13.1. The second kappa shape index (κ2) is 17.8. The quantitative estimate of drug-likeness (QED) is 0.0505. The zero-order valence-corrected chi connectivity index (χ0v) is 30.9. The molecule has 0 spiro atoms. The molecular weight excluding hydrogens is 783 g/mol. The summed E-state index contributed by atoms with van der Waals surface area (Å²) in [6.07, 6.45) is -3.28. The third kappa shape index (κ3) is 11.5. The van der Waals surface area contributed by atoms with E-state index in [1.807, 2.05) is 42.5 Å². The van der Waals surface area contributed by atoms with E-state index in [9.17, 15) is 37.5 Å². The molecule has 0 atom stereocenters. The Morgan fingerprint density at radius 1 is 0.793 bits per heavy atom. The number of aromatic nitrogens is 3. The van der Waals surface area contributed by atoms with E-state index in [2.05, 4.69) is 46.5 Å². The van der Waals surface area contributed by atoms with E-state index in [0.717, 1.165) is 16.8 Å². The molecule has 298 valence electrons. The monoisotopic (exact) mass is 815 g/mol. The molecule has 0 unspecified atom stereocenters. The highest BCUT2D eigenvalue weighted by Gasteiger charge is 2.45. The number of carboxylic acids is 1. The Labute approximate surface area is 333 Å². The van der Waals surface area contributed by atoms with Crippen molar-refractivity contribution in [1.29, 1.82) is 0 Å². The Bertz CT molecular complexity index is 2310. The summed E-state index contributed by atoms with van der Waals surface area (Å²) < 4.78 is 43.7. The zero-order chi connectivity index (χ0) is 41.3. The van der Waals surface area contributed by atoms with E-state index in [1.54, 1.807) is 36.4 Å². The topological polar surface area (TPSA) is 209 Å². The molecule has 6 rings (SSSR count). The fraction of sp³-hybridized carbons (Fsp3) is 0.179. The maximum atomic E-state index is 13.0. The van der Waals surface area contributed by atoms with Crippen LogP contribution in [0, 0.1) is 0 Å². The molecule has 58 heavy (non-hydrogen) atoms. The fourth-order valence-corrected chi connectivity index (χ4v) is 5.48. The Hall–Kier alpha value is -7.08. The van der Waals surface area contributed by atoms with Gasteiger partial charge in [-0.15, -0.1) is 0 Å². The molecule has 1 aliphatic rings. The standard InChI is InChI=1S/C39H33ClF3N9O6/c40-26-10-8-25(9-11-26)38(18-19-38)52-36-49-35(50-37(51-36)58-22-39(41,42)43)47-29-12-6-24(7-13-29)31(53)48-30(34(56)57)21-45-32(54)33(55)46-28-16-14-27(15-17-28)44-20-23-4-2-1-3-5-23/h1-17,44H,18-22H2,(H,45,54)(H,46,55)(H,56,57)(H2,47,49,50,51,52). The summed E-state index contributed by atoms with van der Waals surface area (Å²) in [6, 6.07) is 28.1. The van der Waals surface area contributed by atoms with Crippen LogP contribution >= 0.6 is 11.6 Å². The first kappa shape index (κ1) is 40.6. The number of rotatable bonds is 15. The Balaban J connectivity index is 1.05. The number of ether oxygens (including phenoxy) is 1. The van der Waals surface area contributed by atoms with Gasteiger partial charge in [0, 0.05) is 34.2 Å². The first-order chi connectivity index (χ1) is 27.7. The maximum absolute atomic E-state index is 13.0. The van der Waals surface area contributed by atoms with Crippen molar-refractivity contribution in [1.82, 2.24) is 20.3 Å². The molecule has 4 aromatic carbocycles. The first-order valence-electron chi connectivity index (χ1n) is 17.4. The first-order valence-corrected chi connectivity index (χ1v) is 17.8. The van der Waals surface area contributed by atoms with Crippen LogP contribution in [0.3, 0.4) is 0 Å². The van der Waals surface area contributed by atoms with Gasteiger partial charge in [0.05, 0.1) is 12.1 Å². The molecule has 0 aliphatic heterocycles. The molecule has 1 aliphatic carbocycles. The van der Waals surface area contributed by atoms with Crippen molar-refractivity contribution >= 4 is 70.0 Å². The number of hydrogen-bond donors (Lipinski definition) is 6. The van der Waals surface area contributed by atoms with Crippen molar-refractivity contribution in [3.63, 3.8) is 0 Å². The molecule has 1 fully saturated rings. The van der Waals surface area contributed by atoms with Gasteiger partial charge in [-0.3, -0.25) is 14.4 Å². The van der Waals surface area contributed by atoms with E-state index >= 15 is 0 Å². The van der Waals surface area contributed by atoms with Crippen molar-refractivity contribution in [3.8, 4) is 6.01 Å². The number of carbonyl (C=O) groups is 4. The lowest BCUT2D eigenvalue weighted by Crippen LogP contribution is -2.40. The van der Waals surface area contributed by atoms with Gasteiger partial charge in [0.2, 0.25) is 11.9 Å². The highest BCUT2D eigenvalue weighted by Crippen LogP contribution is 2.48. The lowest BCUT2D eigenvalue weighted by Gasteiger charge is -2.19. The van der Waals surface area contributed by atoms with E-state index in [4.69, 9.17) is 16.3 Å². The summed E-state index contributed by atoms with van der Waals surface area (Å²) in [7, 11) is 0. The largest absolute Gasteiger partial charge is 0.477 e. The smallest absolute Gasteiger partial charge is 0.422 e. The lowest BCUT2D eigenvalue weighted by molar-refractivity contribution is -0.154. The summed E-state index contributed by atoms with van der Waals surface area (Å²) in [6.45, 7) is -1.81. The van der Waals surface area contributed by atoms with Crippen molar-refractivity contribution in [2.24, 2.45) is 4.99 Å². The number of halogens is 4. The van der Waals surface area contributed by atoms with Crippen LogP contribution < -0.4 is 31.3 Å². The average molecular weight is 816 g/mol. The van der Waals surface area contributed by atoms with Gasteiger partial charge in [-0.05, 0) is 84.6 Å². The van der Waals surface area contributed by atoms with Crippen LogP contribution in [-0.4, -0.2) is 68.8 Å². The maximum Gasteiger partial charge on any atom is 0.422 e. The third-order valence-electron chi connectivity index (χ3n) is 8.45. The van der Waals surface area contributed by atoms with Crippen LogP contribution in [0.4, 0.5) is 42.1 Å². The number of amides is 3. The van der Waals surface area contributed by atoms with Crippen LogP contribution in [-0.2, 0) is 26.5 Å². The van der Waals surface area contributed by atoms with Crippen molar-refractivity contribution < 1.29 is 42.2 Å². The lowest BCUT2D eigenvalue weighted by atomic mass is 10.1. The molecule has 1 heterocycles.